The molecule has 3 heterocycles. The van der Waals surface area contributed by atoms with Crippen molar-refractivity contribution in [2.24, 2.45) is 5.92 Å². The molecule has 0 spiro atoms. The summed E-state index contributed by atoms with van der Waals surface area (Å²) in [5, 5.41) is 0. The molecule has 2 unspecified atom stereocenters. The van der Waals surface area contributed by atoms with E-state index in [4.69, 9.17) is 10.7 Å². The van der Waals surface area contributed by atoms with Crippen LogP contribution < -0.4 is 4.90 Å². The second kappa shape index (κ2) is 6.60. The summed E-state index contributed by atoms with van der Waals surface area (Å²) in [6.45, 7) is 2.00. The van der Waals surface area contributed by atoms with Crippen molar-refractivity contribution in [2.75, 3.05) is 30.3 Å². The molecule has 0 radical (unpaired) electrons. The Labute approximate surface area is 140 Å². The van der Waals surface area contributed by atoms with Gasteiger partial charge in [0.2, 0.25) is 20.9 Å². The van der Waals surface area contributed by atoms with Gasteiger partial charge in [-0.2, -0.15) is 0 Å². The number of hydrogen-bond donors (Lipinski definition) is 0. The standard InChI is InChI=1S/C14H19ClN4O3S/c15-23(21,22)10-11-7-13(20)19(8-11)12-3-1-6-18(9-12)14-16-4-2-5-17-14/h2,4-5,11-12H,1,3,6-10H2. The molecule has 0 bridgehead atoms. The largest absolute Gasteiger partial charge is 0.339 e. The molecule has 0 saturated carbocycles. The Balaban J connectivity index is 1.66. The van der Waals surface area contributed by atoms with Crippen molar-refractivity contribution in [1.82, 2.24) is 14.9 Å². The Kier molecular flexibility index (Phi) is 4.72. The van der Waals surface area contributed by atoms with Gasteiger partial charge in [-0.05, 0) is 18.9 Å². The first kappa shape index (κ1) is 16.4. The molecular formula is C14H19ClN4O3S. The molecule has 1 amide bonds. The molecule has 0 aliphatic carbocycles. The van der Waals surface area contributed by atoms with Gasteiger partial charge in [0.25, 0.3) is 0 Å². The van der Waals surface area contributed by atoms with Crippen LogP contribution in [-0.2, 0) is 13.8 Å². The van der Waals surface area contributed by atoms with Gasteiger partial charge in [0.1, 0.15) is 0 Å². The monoisotopic (exact) mass is 358 g/mol. The molecule has 0 aromatic carbocycles. The van der Waals surface area contributed by atoms with Crippen molar-refractivity contribution < 1.29 is 13.2 Å². The quantitative estimate of drug-likeness (QED) is 0.742. The summed E-state index contributed by atoms with van der Waals surface area (Å²) in [6.07, 6.45) is 5.52. The highest BCUT2D eigenvalue weighted by Gasteiger charge is 2.38. The first-order valence-corrected chi connectivity index (χ1v) is 10.1. The number of rotatable bonds is 4. The van der Waals surface area contributed by atoms with E-state index >= 15 is 0 Å². The van der Waals surface area contributed by atoms with E-state index in [1.807, 2.05) is 4.90 Å². The third-order valence-corrected chi connectivity index (χ3v) is 5.59. The van der Waals surface area contributed by atoms with Gasteiger partial charge in [-0.25, -0.2) is 18.4 Å². The number of hydrogen-bond acceptors (Lipinski definition) is 6. The second-order valence-electron chi connectivity index (χ2n) is 6.11. The number of piperidine rings is 1. The normalized spacial score (nSPS) is 25.9. The fourth-order valence-corrected chi connectivity index (χ4v) is 4.72. The molecule has 0 N–H and O–H groups in total. The predicted octanol–water partition coefficient (Wildman–Crippen LogP) is 0.863. The lowest BCUT2D eigenvalue weighted by Crippen LogP contribution is -2.49. The summed E-state index contributed by atoms with van der Waals surface area (Å²) in [7, 11) is 1.74. The first-order valence-electron chi connectivity index (χ1n) is 7.66. The zero-order valence-corrected chi connectivity index (χ0v) is 14.2. The van der Waals surface area contributed by atoms with Crippen LogP contribution in [-0.4, -0.2) is 60.6 Å². The highest BCUT2D eigenvalue weighted by atomic mass is 35.7. The van der Waals surface area contributed by atoms with Crippen LogP contribution in [0.15, 0.2) is 18.5 Å². The molecule has 1 aromatic rings. The van der Waals surface area contributed by atoms with E-state index in [2.05, 4.69) is 14.9 Å². The Hall–Kier alpha value is -1.41. The van der Waals surface area contributed by atoms with Crippen molar-refractivity contribution in [3.05, 3.63) is 18.5 Å². The zero-order valence-electron chi connectivity index (χ0n) is 12.6. The van der Waals surface area contributed by atoms with Gasteiger partial charge in [0.05, 0.1) is 5.75 Å². The summed E-state index contributed by atoms with van der Waals surface area (Å²) in [6, 6.07) is 1.84. The summed E-state index contributed by atoms with van der Waals surface area (Å²) < 4.78 is 22.4. The van der Waals surface area contributed by atoms with Gasteiger partial charge in [0.15, 0.2) is 0 Å². The molecule has 7 nitrogen and oxygen atoms in total. The third kappa shape index (κ3) is 4.11. The van der Waals surface area contributed by atoms with Crippen molar-refractivity contribution in [3.8, 4) is 0 Å². The Bertz CT molecular complexity index is 670. The molecule has 2 fully saturated rings. The molecule has 2 saturated heterocycles. The Morgan fingerprint density at radius 1 is 1.26 bits per heavy atom. The van der Waals surface area contributed by atoms with Gasteiger partial charge in [-0.3, -0.25) is 4.79 Å². The zero-order chi connectivity index (χ0) is 16.4. The smallest absolute Gasteiger partial charge is 0.232 e. The average molecular weight is 359 g/mol. The lowest BCUT2D eigenvalue weighted by molar-refractivity contribution is -0.129. The number of nitrogens with zero attached hydrogens (tertiary/aromatic N) is 4. The minimum atomic E-state index is -3.58. The van der Waals surface area contributed by atoms with Crippen molar-refractivity contribution >= 4 is 31.6 Å². The van der Waals surface area contributed by atoms with Crippen LogP contribution in [0.1, 0.15) is 19.3 Å². The van der Waals surface area contributed by atoms with E-state index in [0.717, 1.165) is 19.4 Å². The number of carbonyl (C=O) groups excluding carboxylic acids is 1. The summed E-state index contributed by atoms with van der Waals surface area (Å²) in [4.78, 5) is 24.7. The molecule has 23 heavy (non-hydrogen) atoms. The first-order chi connectivity index (χ1) is 10.9. The van der Waals surface area contributed by atoms with Gasteiger partial charge in [-0.15, -0.1) is 0 Å². The van der Waals surface area contributed by atoms with Gasteiger partial charge in [-0.1, -0.05) is 0 Å². The fourth-order valence-electron chi connectivity index (χ4n) is 3.40. The number of anilines is 1. The molecule has 1 aromatic heterocycles. The number of likely N-dealkylation sites (tertiary alicyclic amines) is 1. The summed E-state index contributed by atoms with van der Waals surface area (Å²) in [5.74, 6) is 0.322. The van der Waals surface area contributed by atoms with Crippen LogP contribution in [0.3, 0.4) is 0 Å². The number of aromatic nitrogens is 2. The maximum Gasteiger partial charge on any atom is 0.232 e. The lowest BCUT2D eigenvalue weighted by atomic mass is 10.0. The van der Waals surface area contributed by atoms with Gasteiger partial charge >= 0.3 is 0 Å². The Morgan fingerprint density at radius 3 is 2.70 bits per heavy atom. The number of halogens is 1. The fraction of sp³-hybridized carbons (Fsp3) is 0.643. The van der Waals surface area contributed by atoms with E-state index in [1.165, 1.54) is 0 Å². The van der Waals surface area contributed by atoms with Crippen LogP contribution in [0.5, 0.6) is 0 Å². The molecule has 2 aliphatic heterocycles. The van der Waals surface area contributed by atoms with Crippen molar-refractivity contribution in [1.29, 1.82) is 0 Å². The van der Waals surface area contributed by atoms with Crippen LogP contribution in [0, 0.1) is 5.92 Å². The molecule has 3 rings (SSSR count). The van der Waals surface area contributed by atoms with E-state index in [9.17, 15) is 13.2 Å². The van der Waals surface area contributed by atoms with E-state index in [-0.39, 0.29) is 30.0 Å². The minimum absolute atomic E-state index is 0.0103. The van der Waals surface area contributed by atoms with E-state index in [1.54, 1.807) is 18.5 Å². The van der Waals surface area contributed by atoms with Crippen LogP contribution in [0.2, 0.25) is 0 Å². The second-order valence-corrected chi connectivity index (χ2v) is 8.93. The highest BCUT2D eigenvalue weighted by Crippen LogP contribution is 2.27. The highest BCUT2D eigenvalue weighted by molar-refractivity contribution is 8.13. The third-order valence-electron chi connectivity index (χ3n) is 4.35. The van der Waals surface area contributed by atoms with Crippen LogP contribution in [0.25, 0.3) is 0 Å². The van der Waals surface area contributed by atoms with Gasteiger partial charge < -0.3 is 9.80 Å². The lowest BCUT2D eigenvalue weighted by Gasteiger charge is -2.37. The van der Waals surface area contributed by atoms with E-state index in [0.29, 0.717) is 19.0 Å². The summed E-state index contributed by atoms with van der Waals surface area (Å²) >= 11 is 0. The SMILES string of the molecule is O=C1CC(CS(=O)(=O)Cl)CN1C1CCCN(c2ncccn2)C1. The van der Waals surface area contributed by atoms with E-state index < -0.39 is 9.05 Å². The van der Waals surface area contributed by atoms with Crippen LogP contribution >= 0.6 is 10.7 Å². The molecule has 126 valence electrons. The van der Waals surface area contributed by atoms with Gasteiger partial charge in [0, 0.05) is 61.1 Å². The predicted molar refractivity (Wildman–Crippen MR) is 86.7 cm³/mol. The Morgan fingerprint density at radius 2 is 2.00 bits per heavy atom. The maximum absolute atomic E-state index is 12.3. The molecule has 2 aliphatic rings. The topological polar surface area (TPSA) is 83.5 Å². The number of carbonyl (C=O) groups is 1. The minimum Gasteiger partial charge on any atom is -0.339 e. The van der Waals surface area contributed by atoms with Crippen molar-refractivity contribution in [2.45, 2.75) is 25.3 Å². The number of amides is 1. The average Bonchev–Trinajstić information content (AvgIpc) is 2.87. The molecule has 9 heteroatoms. The molecule has 2 atom stereocenters. The van der Waals surface area contributed by atoms with Crippen LogP contribution in [0.4, 0.5) is 5.95 Å². The molecular weight excluding hydrogens is 340 g/mol. The maximum atomic E-state index is 12.3. The summed E-state index contributed by atoms with van der Waals surface area (Å²) in [5.41, 5.74) is 0. The van der Waals surface area contributed by atoms with Crippen molar-refractivity contribution in [3.63, 3.8) is 0 Å².